The van der Waals surface area contributed by atoms with Gasteiger partial charge >= 0.3 is 0 Å². The molecule has 0 fully saturated rings. The minimum absolute atomic E-state index is 0.390. The lowest BCUT2D eigenvalue weighted by molar-refractivity contribution is 0.624. The van der Waals surface area contributed by atoms with E-state index in [-0.39, 0.29) is 0 Å². The van der Waals surface area contributed by atoms with E-state index in [9.17, 15) is 4.39 Å². The number of tetrazole rings is 1. The molecule has 8 heteroatoms. The molecule has 0 spiro atoms. The van der Waals surface area contributed by atoms with Gasteiger partial charge in [-0.1, -0.05) is 11.6 Å². The monoisotopic (exact) mass is 367 g/mol. The molecule has 0 aliphatic heterocycles. The van der Waals surface area contributed by atoms with Crippen molar-refractivity contribution in [3.8, 4) is 17.1 Å². The van der Waals surface area contributed by atoms with E-state index >= 15 is 0 Å². The van der Waals surface area contributed by atoms with Crippen molar-refractivity contribution in [1.82, 2.24) is 20.2 Å². The highest BCUT2D eigenvalue weighted by Crippen LogP contribution is 2.30. The summed E-state index contributed by atoms with van der Waals surface area (Å²) in [4.78, 5) is 0. The van der Waals surface area contributed by atoms with Crippen LogP contribution in [0.5, 0.6) is 0 Å². The summed E-state index contributed by atoms with van der Waals surface area (Å²) in [6, 6.07) is 9.27. The van der Waals surface area contributed by atoms with Crippen LogP contribution in [-0.4, -0.2) is 20.2 Å². The van der Waals surface area contributed by atoms with Crippen LogP contribution in [0, 0.1) is 5.82 Å². The Morgan fingerprint density at radius 1 is 1.19 bits per heavy atom. The summed E-state index contributed by atoms with van der Waals surface area (Å²) < 4.78 is 15.5. The van der Waals surface area contributed by atoms with E-state index < -0.39 is 5.82 Å². The molecule has 1 heterocycles. The Balaban J connectivity index is 2.19. The summed E-state index contributed by atoms with van der Waals surface area (Å²) in [5.41, 5.74) is 7.47. The Morgan fingerprint density at radius 3 is 2.76 bits per heavy atom. The van der Waals surface area contributed by atoms with Gasteiger partial charge in [0.1, 0.15) is 5.82 Å². The lowest BCUT2D eigenvalue weighted by Crippen LogP contribution is -2.03. The Bertz CT molecular complexity index is 820. The van der Waals surface area contributed by atoms with Gasteiger partial charge in [-0.15, -0.1) is 5.10 Å². The molecule has 0 radical (unpaired) electrons. The molecule has 0 atom stereocenters. The van der Waals surface area contributed by atoms with Crippen molar-refractivity contribution in [1.29, 1.82) is 0 Å². The normalized spacial score (nSPS) is 10.8. The molecule has 2 N–H and O–H groups in total. The van der Waals surface area contributed by atoms with Crippen molar-refractivity contribution in [3.63, 3.8) is 0 Å². The van der Waals surface area contributed by atoms with Crippen LogP contribution < -0.4 is 5.73 Å². The number of halogens is 3. The van der Waals surface area contributed by atoms with Crippen LogP contribution in [0.15, 0.2) is 40.9 Å². The van der Waals surface area contributed by atoms with Gasteiger partial charge in [-0.2, -0.15) is 4.68 Å². The molecule has 0 aliphatic rings. The third kappa shape index (κ3) is 2.62. The van der Waals surface area contributed by atoms with E-state index in [0.29, 0.717) is 32.3 Å². The van der Waals surface area contributed by atoms with Gasteiger partial charge in [0, 0.05) is 26.8 Å². The summed E-state index contributed by atoms with van der Waals surface area (Å²) in [6.45, 7) is 0. The predicted molar refractivity (Wildman–Crippen MR) is 81.7 cm³/mol. The van der Waals surface area contributed by atoms with E-state index in [2.05, 4.69) is 31.5 Å². The number of nitrogens with zero attached hydrogens (tertiary/aromatic N) is 4. The molecule has 106 valence electrons. The first-order chi connectivity index (χ1) is 10.1. The first-order valence-corrected chi connectivity index (χ1v) is 7.02. The van der Waals surface area contributed by atoms with Gasteiger partial charge in [-0.05, 0) is 56.7 Å². The molecular formula is C13H8BrClFN5. The summed E-state index contributed by atoms with van der Waals surface area (Å²) in [6.07, 6.45) is 0. The molecule has 0 unspecified atom stereocenters. The molecule has 0 amide bonds. The zero-order valence-corrected chi connectivity index (χ0v) is 12.8. The van der Waals surface area contributed by atoms with E-state index in [0.717, 1.165) is 0 Å². The molecule has 3 rings (SSSR count). The SMILES string of the molecule is Nc1cc(Cl)ccc1-c1nnnn1-c1cc(F)ccc1Br. The summed E-state index contributed by atoms with van der Waals surface area (Å²) in [5.74, 6) is 0.00851. The third-order valence-electron chi connectivity index (χ3n) is 2.86. The molecule has 3 aromatic rings. The number of hydrogen-bond donors (Lipinski definition) is 1. The fourth-order valence-corrected chi connectivity index (χ4v) is 2.50. The summed E-state index contributed by atoms with van der Waals surface area (Å²) in [5, 5.41) is 12.0. The Labute approximate surface area is 132 Å². The minimum atomic E-state index is -0.390. The van der Waals surface area contributed by atoms with Crippen LogP contribution in [0.25, 0.3) is 17.1 Å². The first kappa shape index (κ1) is 14.0. The topological polar surface area (TPSA) is 69.6 Å². The maximum absolute atomic E-state index is 13.5. The second kappa shape index (κ2) is 5.42. The quantitative estimate of drug-likeness (QED) is 0.703. The highest BCUT2D eigenvalue weighted by Gasteiger charge is 2.16. The fraction of sp³-hybridized carbons (Fsp3) is 0. The number of benzene rings is 2. The average molecular weight is 369 g/mol. The second-order valence-corrected chi connectivity index (χ2v) is 5.53. The summed E-state index contributed by atoms with van der Waals surface area (Å²) >= 11 is 9.24. The van der Waals surface area contributed by atoms with Gasteiger partial charge in [0.25, 0.3) is 0 Å². The second-order valence-electron chi connectivity index (χ2n) is 4.24. The van der Waals surface area contributed by atoms with Gasteiger partial charge < -0.3 is 5.73 Å². The van der Waals surface area contributed by atoms with Gasteiger partial charge in [-0.3, -0.25) is 0 Å². The van der Waals surface area contributed by atoms with Crippen LogP contribution in [0.3, 0.4) is 0 Å². The predicted octanol–water partition coefficient (Wildman–Crippen LogP) is 3.47. The molecule has 2 aromatic carbocycles. The molecule has 1 aromatic heterocycles. The number of nitrogen functional groups attached to an aromatic ring is 1. The molecular weight excluding hydrogens is 361 g/mol. The summed E-state index contributed by atoms with van der Waals surface area (Å²) in [7, 11) is 0. The minimum Gasteiger partial charge on any atom is -0.398 e. The van der Waals surface area contributed by atoms with Crippen LogP contribution >= 0.6 is 27.5 Å². The Kier molecular flexibility index (Phi) is 3.60. The lowest BCUT2D eigenvalue weighted by atomic mass is 10.1. The average Bonchev–Trinajstić information content (AvgIpc) is 2.90. The maximum Gasteiger partial charge on any atom is 0.189 e. The first-order valence-electron chi connectivity index (χ1n) is 5.85. The number of hydrogen-bond acceptors (Lipinski definition) is 4. The van der Waals surface area contributed by atoms with Crippen molar-refractivity contribution in [2.45, 2.75) is 0 Å². The highest BCUT2D eigenvalue weighted by molar-refractivity contribution is 9.10. The van der Waals surface area contributed by atoms with E-state index in [4.69, 9.17) is 17.3 Å². The van der Waals surface area contributed by atoms with E-state index in [1.165, 1.54) is 16.8 Å². The largest absolute Gasteiger partial charge is 0.398 e. The zero-order valence-electron chi connectivity index (χ0n) is 10.5. The molecule has 21 heavy (non-hydrogen) atoms. The van der Waals surface area contributed by atoms with Gasteiger partial charge in [0.15, 0.2) is 5.82 Å². The lowest BCUT2D eigenvalue weighted by Gasteiger charge is -2.09. The molecule has 0 saturated heterocycles. The van der Waals surface area contributed by atoms with Crippen molar-refractivity contribution in [2.75, 3.05) is 5.73 Å². The van der Waals surface area contributed by atoms with Crippen LogP contribution in [0.2, 0.25) is 5.02 Å². The Hall–Kier alpha value is -1.99. The molecule has 0 aliphatic carbocycles. The van der Waals surface area contributed by atoms with Crippen molar-refractivity contribution in [2.24, 2.45) is 0 Å². The zero-order chi connectivity index (χ0) is 15.0. The van der Waals surface area contributed by atoms with Crippen molar-refractivity contribution < 1.29 is 4.39 Å². The van der Waals surface area contributed by atoms with Crippen molar-refractivity contribution >= 4 is 33.2 Å². The number of nitrogens with two attached hydrogens (primary N) is 1. The molecule has 5 nitrogen and oxygen atoms in total. The number of aromatic nitrogens is 4. The number of anilines is 1. The smallest absolute Gasteiger partial charge is 0.189 e. The maximum atomic E-state index is 13.5. The van der Waals surface area contributed by atoms with E-state index in [1.54, 1.807) is 24.3 Å². The van der Waals surface area contributed by atoms with Crippen molar-refractivity contribution in [3.05, 3.63) is 51.7 Å². The highest BCUT2D eigenvalue weighted by atomic mass is 79.9. The Morgan fingerprint density at radius 2 is 2.00 bits per heavy atom. The molecule has 0 saturated carbocycles. The van der Waals surface area contributed by atoms with Gasteiger partial charge in [-0.25, -0.2) is 4.39 Å². The standard InChI is InChI=1S/C13H8BrClFN5/c14-10-4-2-8(16)6-12(10)21-13(18-19-20-21)9-3-1-7(15)5-11(9)17/h1-6H,17H2. The van der Waals surface area contributed by atoms with E-state index in [1.807, 2.05) is 0 Å². The fourth-order valence-electron chi connectivity index (χ4n) is 1.90. The van der Waals surface area contributed by atoms with Gasteiger partial charge in [0.05, 0.1) is 5.69 Å². The number of rotatable bonds is 2. The van der Waals surface area contributed by atoms with Crippen LogP contribution in [-0.2, 0) is 0 Å². The molecule has 0 bridgehead atoms. The van der Waals surface area contributed by atoms with Crippen LogP contribution in [0.4, 0.5) is 10.1 Å². The van der Waals surface area contributed by atoms with Gasteiger partial charge in [0.2, 0.25) is 0 Å². The third-order valence-corrected chi connectivity index (χ3v) is 3.77. The van der Waals surface area contributed by atoms with Crippen LogP contribution in [0.1, 0.15) is 0 Å².